The molecule has 0 aliphatic rings. The van der Waals surface area contributed by atoms with E-state index < -0.39 is 48.9 Å². The van der Waals surface area contributed by atoms with Crippen LogP contribution in [0.25, 0.3) is 0 Å². The van der Waals surface area contributed by atoms with E-state index in [2.05, 4.69) is 13.8 Å². The number of carboxylic acid groups (broad SMARTS) is 4. The van der Waals surface area contributed by atoms with Crippen molar-refractivity contribution in [1.82, 2.24) is 0 Å². The Labute approximate surface area is 171 Å². The predicted octanol–water partition coefficient (Wildman–Crippen LogP) is -2.70. The van der Waals surface area contributed by atoms with Crippen LogP contribution in [0.2, 0.25) is 0 Å². The standard InChI is InChI=1S/C6H14O.2C4H6O5.CH4.Zn/c1-5(2)4-6(3)7;2*5-2(4(8)9)1-3(6)7;;/h5-7H,4H2,1-3H3;2*2,5H,1H2,(H,6,7)(H,8,9);1H4;/p-1. The van der Waals surface area contributed by atoms with Crippen molar-refractivity contribution in [3.63, 3.8) is 0 Å². The summed E-state index contributed by atoms with van der Waals surface area (Å²) in [5, 5.41) is 60.2. The fraction of sp³-hybridized carbons (Fsp3) is 0.733. The van der Waals surface area contributed by atoms with Gasteiger partial charge in [0.1, 0.15) is 0 Å². The molecule has 0 aromatic rings. The summed E-state index contributed by atoms with van der Waals surface area (Å²) in [4.78, 5) is 38.5. The van der Waals surface area contributed by atoms with Gasteiger partial charge in [0, 0.05) is 31.9 Å². The zero-order chi connectivity index (χ0) is 20.7. The molecule has 0 aliphatic heterocycles. The molecule has 3 atom stereocenters. The number of hydrogen-bond acceptors (Lipinski definition) is 9. The van der Waals surface area contributed by atoms with E-state index in [1.165, 1.54) is 0 Å². The molecule has 0 heterocycles. The Morgan fingerprint density at radius 3 is 1.37 bits per heavy atom. The maximum Gasteiger partial charge on any atom is 1.00 e. The first-order valence-electron chi connectivity index (χ1n) is 7.10. The van der Waals surface area contributed by atoms with Crippen LogP contribution in [0.1, 0.15) is 48.9 Å². The van der Waals surface area contributed by atoms with Crippen LogP contribution in [0.5, 0.6) is 0 Å². The normalized spacial score (nSPS) is 12.3. The third kappa shape index (κ3) is 36.1. The Morgan fingerprint density at radius 1 is 0.889 bits per heavy atom. The number of aliphatic carboxylic acids is 4. The molecule has 0 aromatic carbocycles. The molecule has 5 N–H and O–H groups in total. The first kappa shape index (κ1) is 36.3. The van der Waals surface area contributed by atoms with Gasteiger partial charge in [0.25, 0.3) is 0 Å². The molecule has 0 spiro atoms. The maximum atomic E-state index is 9.72. The SMILES string of the molecule is C.CC(C)CC(C)O.O=C(O)CC(O)C(=O)O.O=C([O-])CC(O)C(=O)[O-].[H+].[Zn]. The maximum absolute atomic E-state index is 9.72. The van der Waals surface area contributed by atoms with Crippen molar-refractivity contribution in [2.45, 2.75) is 65.8 Å². The van der Waals surface area contributed by atoms with Crippen molar-refractivity contribution in [2.75, 3.05) is 0 Å². The smallest absolute Gasteiger partial charge is 0.550 e. The largest absolute Gasteiger partial charge is 1.00 e. The molecule has 0 fully saturated rings. The van der Waals surface area contributed by atoms with Crippen LogP contribution in [0.15, 0.2) is 0 Å². The zero-order valence-electron chi connectivity index (χ0n) is 15.8. The molecule has 0 saturated carbocycles. The third-order valence-corrected chi connectivity index (χ3v) is 2.10. The van der Waals surface area contributed by atoms with E-state index >= 15 is 0 Å². The second-order valence-corrected chi connectivity index (χ2v) is 5.34. The molecule has 0 aliphatic carbocycles. The molecule has 3 unspecified atom stereocenters. The van der Waals surface area contributed by atoms with Gasteiger partial charge >= 0.3 is 13.4 Å². The molecule has 11 nitrogen and oxygen atoms in total. The van der Waals surface area contributed by atoms with Gasteiger partial charge in [-0.15, -0.1) is 0 Å². The fourth-order valence-electron chi connectivity index (χ4n) is 1.18. The summed E-state index contributed by atoms with van der Waals surface area (Å²) in [6, 6.07) is 0. The van der Waals surface area contributed by atoms with Gasteiger partial charge in [-0.05, 0) is 19.3 Å². The molecule has 0 aromatic heterocycles. The molecular weight excluding hydrogens is 422 g/mol. The van der Waals surface area contributed by atoms with E-state index in [0.717, 1.165) is 6.42 Å². The Morgan fingerprint density at radius 2 is 1.30 bits per heavy atom. The molecule has 0 saturated heterocycles. The summed E-state index contributed by atoms with van der Waals surface area (Å²) < 4.78 is 0. The molecule has 0 bridgehead atoms. The summed E-state index contributed by atoms with van der Waals surface area (Å²) in [7, 11) is 0. The average molecular weight is 451 g/mol. The quantitative estimate of drug-likeness (QED) is 0.240. The second kappa shape index (κ2) is 20.7. The number of hydrogen-bond donors (Lipinski definition) is 5. The number of aliphatic hydroxyl groups excluding tert-OH is 3. The van der Waals surface area contributed by atoms with Crippen LogP contribution < -0.4 is 10.2 Å². The van der Waals surface area contributed by atoms with Crippen molar-refractivity contribution in [3.8, 4) is 0 Å². The van der Waals surface area contributed by atoms with Gasteiger partial charge in [0.15, 0.2) is 6.10 Å². The van der Waals surface area contributed by atoms with Gasteiger partial charge in [-0.2, -0.15) is 0 Å². The molecule has 158 valence electrons. The Hall–Kier alpha value is -1.62. The molecule has 12 heteroatoms. The molecule has 0 radical (unpaired) electrons. The van der Waals surface area contributed by atoms with E-state index in [9.17, 15) is 29.4 Å². The van der Waals surface area contributed by atoms with Crippen LogP contribution in [0, 0.1) is 5.92 Å². The van der Waals surface area contributed by atoms with Crippen molar-refractivity contribution in [1.29, 1.82) is 0 Å². The summed E-state index contributed by atoms with van der Waals surface area (Å²) >= 11 is 0. The van der Waals surface area contributed by atoms with Gasteiger partial charge in [-0.1, -0.05) is 21.3 Å². The first-order chi connectivity index (χ1) is 11.2. The fourth-order valence-corrected chi connectivity index (χ4v) is 1.18. The number of aliphatic hydroxyl groups is 3. The average Bonchev–Trinajstić information content (AvgIpc) is 2.36. The van der Waals surface area contributed by atoms with Gasteiger partial charge in [0.2, 0.25) is 0 Å². The summed E-state index contributed by atoms with van der Waals surface area (Å²) in [6.45, 7) is 6.03. The van der Waals surface area contributed by atoms with Crippen molar-refractivity contribution < 1.29 is 75.8 Å². The van der Waals surface area contributed by atoms with E-state index in [0.29, 0.717) is 5.92 Å². The van der Waals surface area contributed by atoms with Crippen LogP contribution >= 0.6 is 0 Å². The molecule has 0 amide bonds. The Bertz CT molecular complexity index is 392. The van der Waals surface area contributed by atoms with Crippen LogP contribution in [0.3, 0.4) is 0 Å². The first-order valence-corrected chi connectivity index (χ1v) is 7.10. The van der Waals surface area contributed by atoms with Gasteiger partial charge in [0.05, 0.1) is 24.6 Å². The number of rotatable bonds is 8. The molecule has 0 rings (SSSR count). The van der Waals surface area contributed by atoms with E-state index in [4.69, 9.17) is 25.5 Å². The minimum atomic E-state index is -1.96. The van der Waals surface area contributed by atoms with Crippen molar-refractivity contribution >= 4 is 23.9 Å². The van der Waals surface area contributed by atoms with Crippen molar-refractivity contribution in [3.05, 3.63) is 0 Å². The zero-order valence-corrected chi connectivity index (χ0v) is 17.8. The molecular formula is C15H29O11Zn-. The number of carboxylic acids is 4. The van der Waals surface area contributed by atoms with Gasteiger partial charge in [-0.25, -0.2) is 4.79 Å². The summed E-state index contributed by atoms with van der Waals surface area (Å²) in [5.74, 6) is -5.65. The van der Waals surface area contributed by atoms with Crippen LogP contribution in [-0.2, 0) is 38.7 Å². The number of carbonyl (C=O) groups excluding carboxylic acids is 2. The van der Waals surface area contributed by atoms with E-state index in [1.807, 2.05) is 6.92 Å². The Kier molecular flexibility index (Phi) is 27.8. The monoisotopic (exact) mass is 449 g/mol. The van der Waals surface area contributed by atoms with Crippen molar-refractivity contribution in [2.24, 2.45) is 5.92 Å². The topological polar surface area (TPSA) is 216 Å². The van der Waals surface area contributed by atoms with Crippen LogP contribution in [-0.4, -0.2) is 67.7 Å². The minimum Gasteiger partial charge on any atom is -0.550 e. The minimum absolute atomic E-state index is 0. The van der Waals surface area contributed by atoms with Gasteiger partial charge < -0.3 is 45.3 Å². The third-order valence-electron chi connectivity index (χ3n) is 2.10. The molecule has 27 heavy (non-hydrogen) atoms. The van der Waals surface area contributed by atoms with Crippen LogP contribution in [0.4, 0.5) is 0 Å². The van der Waals surface area contributed by atoms with E-state index in [-0.39, 0.29) is 34.4 Å². The summed E-state index contributed by atoms with van der Waals surface area (Å²) in [5.41, 5.74) is 0. The Balaban J connectivity index is -0.0000000620. The predicted molar refractivity (Wildman–Crippen MR) is 85.5 cm³/mol. The van der Waals surface area contributed by atoms with E-state index in [1.54, 1.807) is 0 Å². The number of carbonyl (C=O) groups is 4. The second-order valence-electron chi connectivity index (χ2n) is 5.34. The van der Waals surface area contributed by atoms with Gasteiger partial charge in [-0.3, -0.25) is 4.79 Å². The summed E-state index contributed by atoms with van der Waals surface area (Å²) in [6.07, 6.45) is -4.64.